The predicted octanol–water partition coefficient (Wildman–Crippen LogP) is 1.37. The summed E-state index contributed by atoms with van der Waals surface area (Å²) in [5, 5.41) is 7.21. The van der Waals surface area contributed by atoms with Crippen molar-refractivity contribution in [1.29, 1.82) is 0 Å². The Morgan fingerprint density at radius 3 is 2.50 bits per heavy atom. The monoisotopic (exact) mass is 170 g/mol. The van der Waals surface area contributed by atoms with Crippen molar-refractivity contribution in [1.82, 2.24) is 10.6 Å². The van der Waals surface area contributed by atoms with Crippen molar-refractivity contribution in [3.05, 3.63) is 0 Å². The summed E-state index contributed by atoms with van der Waals surface area (Å²) in [6, 6.07) is 0.657. The number of rotatable bonds is 2. The van der Waals surface area contributed by atoms with Crippen molar-refractivity contribution in [2.24, 2.45) is 5.92 Å². The van der Waals surface area contributed by atoms with E-state index in [0.29, 0.717) is 11.6 Å². The van der Waals surface area contributed by atoms with E-state index in [9.17, 15) is 0 Å². The summed E-state index contributed by atoms with van der Waals surface area (Å²) in [5.74, 6) is 0.735. The van der Waals surface area contributed by atoms with E-state index in [0.717, 1.165) is 19.0 Å². The van der Waals surface area contributed by atoms with Crippen LogP contribution in [0.15, 0.2) is 0 Å². The van der Waals surface area contributed by atoms with Gasteiger partial charge in [-0.2, -0.15) is 0 Å². The van der Waals surface area contributed by atoms with E-state index in [4.69, 9.17) is 0 Å². The lowest BCUT2D eigenvalue weighted by atomic mass is 9.92. The Hall–Kier alpha value is -0.0800. The Balaban J connectivity index is 2.39. The standard InChI is InChI=1S/C10H22N2/c1-5-10(4)7-11-9(6-12-10)8(2)3/h8-9,11-12H,5-7H2,1-4H3. The lowest BCUT2D eigenvalue weighted by Gasteiger charge is -2.40. The van der Waals surface area contributed by atoms with E-state index >= 15 is 0 Å². The van der Waals surface area contributed by atoms with Crippen LogP contribution in [0, 0.1) is 5.92 Å². The summed E-state index contributed by atoms with van der Waals surface area (Å²) >= 11 is 0. The molecule has 2 unspecified atom stereocenters. The number of piperazine rings is 1. The molecule has 0 spiro atoms. The molecule has 2 nitrogen and oxygen atoms in total. The zero-order valence-corrected chi connectivity index (χ0v) is 8.78. The van der Waals surface area contributed by atoms with Gasteiger partial charge in [-0.15, -0.1) is 0 Å². The van der Waals surface area contributed by atoms with E-state index < -0.39 is 0 Å². The molecule has 2 atom stereocenters. The Labute approximate surface area is 76.1 Å². The van der Waals surface area contributed by atoms with Crippen LogP contribution in [0.5, 0.6) is 0 Å². The molecule has 1 aliphatic rings. The minimum absolute atomic E-state index is 0.325. The third kappa shape index (κ3) is 2.20. The summed E-state index contributed by atoms with van der Waals surface area (Å²) in [6.07, 6.45) is 1.20. The zero-order chi connectivity index (χ0) is 9.19. The predicted molar refractivity (Wildman–Crippen MR) is 53.3 cm³/mol. The van der Waals surface area contributed by atoms with Gasteiger partial charge in [-0.1, -0.05) is 20.8 Å². The van der Waals surface area contributed by atoms with Gasteiger partial charge in [0.1, 0.15) is 0 Å². The average molecular weight is 170 g/mol. The normalized spacial score (nSPS) is 37.2. The van der Waals surface area contributed by atoms with Crippen molar-refractivity contribution >= 4 is 0 Å². The van der Waals surface area contributed by atoms with Gasteiger partial charge in [-0.3, -0.25) is 0 Å². The van der Waals surface area contributed by atoms with E-state index in [1.165, 1.54) is 6.42 Å². The molecule has 1 fully saturated rings. The van der Waals surface area contributed by atoms with Crippen molar-refractivity contribution in [2.45, 2.75) is 45.7 Å². The fourth-order valence-electron chi connectivity index (χ4n) is 1.57. The molecule has 1 aliphatic heterocycles. The Kier molecular flexibility index (Phi) is 3.13. The SMILES string of the molecule is CCC1(C)CNC(C(C)C)CN1. The molecule has 72 valence electrons. The van der Waals surface area contributed by atoms with Crippen molar-refractivity contribution < 1.29 is 0 Å². The molecule has 1 heterocycles. The van der Waals surface area contributed by atoms with Gasteiger partial charge in [0.15, 0.2) is 0 Å². The minimum atomic E-state index is 0.325. The molecule has 0 aromatic carbocycles. The highest BCUT2D eigenvalue weighted by atomic mass is 15.1. The van der Waals surface area contributed by atoms with Crippen molar-refractivity contribution in [3.8, 4) is 0 Å². The van der Waals surface area contributed by atoms with Gasteiger partial charge < -0.3 is 10.6 Å². The highest BCUT2D eigenvalue weighted by molar-refractivity contribution is 4.92. The van der Waals surface area contributed by atoms with Crippen LogP contribution in [-0.4, -0.2) is 24.7 Å². The van der Waals surface area contributed by atoms with Crippen LogP contribution in [0.4, 0.5) is 0 Å². The van der Waals surface area contributed by atoms with Gasteiger partial charge in [0.05, 0.1) is 0 Å². The van der Waals surface area contributed by atoms with Crippen LogP contribution < -0.4 is 10.6 Å². The second-order valence-electron chi connectivity index (χ2n) is 4.53. The molecule has 12 heavy (non-hydrogen) atoms. The third-order valence-corrected chi connectivity index (χ3v) is 3.09. The van der Waals surface area contributed by atoms with Gasteiger partial charge in [0.2, 0.25) is 0 Å². The van der Waals surface area contributed by atoms with E-state index in [1.807, 2.05) is 0 Å². The van der Waals surface area contributed by atoms with E-state index in [2.05, 4.69) is 38.3 Å². The summed E-state index contributed by atoms with van der Waals surface area (Å²) in [4.78, 5) is 0. The maximum atomic E-state index is 3.61. The molecule has 2 heteroatoms. The molecule has 0 aliphatic carbocycles. The fourth-order valence-corrected chi connectivity index (χ4v) is 1.57. The smallest absolute Gasteiger partial charge is 0.0276 e. The maximum Gasteiger partial charge on any atom is 0.0276 e. The van der Waals surface area contributed by atoms with Crippen LogP contribution in [0.2, 0.25) is 0 Å². The summed E-state index contributed by atoms with van der Waals surface area (Å²) in [7, 11) is 0. The van der Waals surface area contributed by atoms with Crippen LogP contribution >= 0.6 is 0 Å². The molecule has 0 aromatic rings. The molecule has 0 radical (unpaired) electrons. The van der Waals surface area contributed by atoms with Gasteiger partial charge in [0, 0.05) is 24.7 Å². The van der Waals surface area contributed by atoms with Crippen molar-refractivity contribution in [3.63, 3.8) is 0 Å². The fraction of sp³-hybridized carbons (Fsp3) is 1.00. The minimum Gasteiger partial charge on any atom is -0.311 e. The Morgan fingerprint density at radius 2 is 2.17 bits per heavy atom. The molecular weight excluding hydrogens is 148 g/mol. The lowest BCUT2D eigenvalue weighted by molar-refractivity contribution is 0.218. The largest absolute Gasteiger partial charge is 0.311 e. The molecular formula is C10H22N2. The summed E-state index contributed by atoms with van der Waals surface area (Å²) in [5.41, 5.74) is 0.325. The van der Waals surface area contributed by atoms with Crippen molar-refractivity contribution in [2.75, 3.05) is 13.1 Å². The van der Waals surface area contributed by atoms with Gasteiger partial charge in [-0.05, 0) is 19.3 Å². The Morgan fingerprint density at radius 1 is 1.50 bits per heavy atom. The number of hydrogen-bond acceptors (Lipinski definition) is 2. The zero-order valence-electron chi connectivity index (χ0n) is 8.78. The third-order valence-electron chi connectivity index (χ3n) is 3.09. The first-order valence-electron chi connectivity index (χ1n) is 5.06. The van der Waals surface area contributed by atoms with Gasteiger partial charge >= 0.3 is 0 Å². The average Bonchev–Trinajstić information content (AvgIpc) is 2.05. The highest BCUT2D eigenvalue weighted by Gasteiger charge is 2.29. The summed E-state index contributed by atoms with van der Waals surface area (Å²) < 4.78 is 0. The first kappa shape index (κ1) is 10.0. The van der Waals surface area contributed by atoms with Crippen LogP contribution in [0.25, 0.3) is 0 Å². The van der Waals surface area contributed by atoms with Crippen LogP contribution in [0.3, 0.4) is 0 Å². The number of nitrogens with one attached hydrogen (secondary N) is 2. The molecule has 1 rings (SSSR count). The summed E-state index contributed by atoms with van der Waals surface area (Å²) in [6.45, 7) is 11.3. The topological polar surface area (TPSA) is 24.1 Å². The first-order valence-corrected chi connectivity index (χ1v) is 5.06. The van der Waals surface area contributed by atoms with E-state index in [-0.39, 0.29) is 0 Å². The first-order chi connectivity index (χ1) is 5.57. The van der Waals surface area contributed by atoms with Gasteiger partial charge in [0.25, 0.3) is 0 Å². The quantitative estimate of drug-likeness (QED) is 0.654. The second kappa shape index (κ2) is 3.75. The molecule has 0 amide bonds. The van der Waals surface area contributed by atoms with E-state index in [1.54, 1.807) is 0 Å². The Bertz CT molecular complexity index is 135. The maximum absolute atomic E-state index is 3.61. The molecule has 2 N–H and O–H groups in total. The highest BCUT2D eigenvalue weighted by Crippen LogP contribution is 2.14. The lowest BCUT2D eigenvalue weighted by Crippen LogP contribution is -2.62. The molecule has 0 bridgehead atoms. The van der Waals surface area contributed by atoms with Gasteiger partial charge in [-0.25, -0.2) is 0 Å². The molecule has 0 aromatic heterocycles. The second-order valence-corrected chi connectivity index (χ2v) is 4.53. The van der Waals surface area contributed by atoms with Crippen LogP contribution in [-0.2, 0) is 0 Å². The van der Waals surface area contributed by atoms with Crippen LogP contribution in [0.1, 0.15) is 34.1 Å². The number of hydrogen-bond donors (Lipinski definition) is 2. The molecule has 1 saturated heterocycles. The molecule has 0 saturated carbocycles.